The molecular formula is C74H53Ir5N20O6SSi-5. The maximum atomic E-state index is 7.20. The number of fused-ring (bicyclic) bond motifs is 5. The van der Waals surface area contributed by atoms with Crippen LogP contribution in [0, 0.1) is 85.0 Å². The molecule has 545 valence electrons. The SMILES string of the molecule is Cc1cccc(-n2ncnc2-c2[c-]cc3nc(C)oc3c2)c1.Cc1nc2cc(-c3ncnn3-c3ccccc3[Si](C)(C)C)[c-]cc2o1.Cc1nc2cc(-c3ncno3)[c-]cc2o1.Cc1nc2cc(-c3ncns3)[c-]cc2o1.[C-]#[N+]c1cc([N+]#[C-])cc(-n2ncnc2-c2[c-]cc3oc(C)nc3c2)c1.[Ir].[Ir].[Ir].[Ir].[Ir]. The summed E-state index contributed by atoms with van der Waals surface area (Å²) >= 11 is 1.34. The van der Waals surface area contributed by atoms with E-state index in [-0.39, 0.29) is 101 Å². The molecule has 8 aromatic carbocycles. The van der Waals surface area contributed by atoms with Crippen molar-refractivity contribution in [2.75, 3.05) is 0 Å². The number of benzene rings is 8. The van der Waals surface area contributed by atoms with Crippen LogP contribution in [0.5, 0.6) is 0 Å². The van der Waals surface area contributed by atoms with Gasteiger partial charge in [-0.05, 0) is 48.0 Å². The van der Waals surface area contributed by atoms with Crippen LogP contribution in [0.3, 0.4) is 0 Å². The van der Waals surface area contributed by atoms with E-state index in [1.165, 1.54) is 47.3 Å². The Hall–Kier alpha value is -10.3. The van der Waals surface area contributed by atoms with E-state index in [1.807, 2.05) is 80.1 Å². The molecule has 0 saturated carbocycles. The molecule has 0 atom stereocenters. The summed E-state index contributed by atoms with van der Waals surface area (Å²) in [5.41, 5.74) is 16.0. The van der Waals surface area contributed by atoms with Gasteiger partial charge in [0.1, 0.15) is 31.6 Å². The fraction of sp³-hybridized carbons (Fsp3) is 0.122. The Bertz CT molecular complexity index is 6000. The smallest absolute Gasteiger partial charge is 0.180 e. The van der Waals surface area contributed by atoms with Crippen LogP contribution in [-0.4, -0.2) is 96.8 Å². The van der Waals surface area contributed by atoms with Gasteiger partial charge in [-0.3, -0.25) is 39.0 Å². The van der Waals surface area contributed by atoms with Crippen LogP contribution >= 0.6 is 11.5 Å². The molecule has 18 aromatic rings. The Kier molecular flexibility index (Phi) is 26.7. The standard InChI is InChI=1S/C19H19N4OSi.C18H9N6O.C17H13N4O.C10H6N3O2.C10H6N3OS.5Ir/c1-13-22-15-11-14(9-10-17(15)24-13)19-20-12-21-23(19)16-7-5-6-8-18(16)25(2,3)4;1-11-23-16-6-12(4-5-17(16)25-11)18-21-10-22-24(18)15-8-13(19-2)7-14(9-15)20-3;1-11-4-3-5-14(8-11)21-17(18-10-19-21)13-6-7-15-16(9-13)22-12(2)20-15;2*1-6-13-8-4-7(2-3-9(8)14-6)10-11-5-12-15-10;;;;;/h5-8,10-12H,1-4H3;5-10H,1H3;3-5,7-10H,1-2H3;2*3-5H,1H3;;;;;/q5*-1;;;;;. The normalized spacial score (nSPS) is 10.6. The van der Waals surface area contributed by atoms with E-state index >= 15 is 0 Å². The van der Waals surface area contributed by atoms with Crippen LogP contribution in [0.4, 0.5) is 11.4 Å². The van der Waals surface area contributed by atoms with Crippen LogP contribution in [-0.2, 0) is 101 Å². The van der Waals surface area contributed by atoms with Gasteiger partial charge in [-0.1, -0.05) is 84.4 Å². The predicted molar refractivity (Wildman–Crippen MR) is 381 cm³/mol. The fourth-order valence-electron chi connectivity index (χ4n) is 10.9. The average Bonchev–Trinajstić information content (AvgIpc) is 1.66. The van der Waals surface area contributed by atoms with Gasteiger partial charge >= 0.3 is 0 Å². The number of oxazole rings is 5. The first kappa shape index (κ1) is 80.8. The third kappa shape index (κ3) is 18.4. The van der Waals surface area contributed by atoms with Crippen LogP contribution in [0.15, 0.2) is 186 Å². The first-order chi connectivity index (χ1) is 49.5. The number of hydrogen-bond acceptors (Lipinski definition) is 22. The van der Waals surface area contributed by atoms with E-state index in [1.54, 1.807) is 72.3 Å². The van der Waals surface area contributed by atoms with Gasteiger partial charge in [-0.2, -0.15) is 19.7 Å². The molecular weight excluding hydrogens is 2290 g/mol. The molecule has 5 radical (unpaired) electrons. The Balaban J connectivity index is 0.000000155. The number of aromatic nitrogens is 18. The van der Waals surface area contributed by atoms with Gasteiger partial charge in [0, 0.05) is 168 Å². The molecule has 0 bridgehead atoms. The van der Waals surface area contributed by atoms with E-state index < -0.39 is 8.07 Å². The number of nitrogens with zero attached hydrogens (tertiary/aromatic N) is 20. The molecule has 0 unspecified atom stereocenters. The van der Waals surface area contributed by atoms with E-state index in [0.717, 1.165) is 83.5 Å². The summed E-state index contributed by atoms with van der Waals surface area (Å²) < 4.78 is 41.4. The number of aryl methyl sites for hydroxylation is 6. The van der Waals surface area contributed by atoms with Crippen molar-refractivity contribution in [3.05, 3.63) is 247 Å². The van der Waals surface area contributed by atoms with Crippen molar-refractivity contribution in [2.24, 2.45) is 0 Å². The van der Waals surface area contributed by atoms with Crippen molar-refractivity contribution >= 4 is 91.7 Å². The molecule has 0 amide bonds. The molecule has 0 saturated heterocycles. The van der Waals surface area contributed by atoms with Gasteiger partial charge in [0.05, 0.1) is 83.0 Å². The molecule has 0 N–H and O–H groups in total. The zero-order chi connectivity index (χ0) is 70.6. The van der Waals surface area contributed by atoms with E-state index in [2.05, 4.69) is 172 Å². The predicted octanol–water partition coefficient (Wildman–Crippen LogP) is 15.9. The Labute approximate surface area is 682 Å². The first-order valence-electron chi connectivity index (χ1n) is 31.2. The zero-order valence-corrected chi connectivity index (χ0v) is 71.3. The van der Waals surface area contributed by atoms with Crippen molar-refractivity contribution in [1.29, 1.82) is 0 Å². The molecule has 10 heterocycles. The average molecular weight is 2340 g/mol. The molecule has 10 aromatic heterocycles. The third-order valence-corrected chi connectivity index (χ3v) is 18.0. The quantitative estimate of drug-likeness (QED) is 0.0957. The summed E-state index contributed by atoms with van der Waals surface area (Å²) in [7, 11) is -1.52. The molecule has 33 heteroatoms. The molecule has 0 aliphatic carbocycles. The summed E-state index contributed by atoms with van der Waals surface area (Å²) in [5.74, 6) is 5.60. The van der Waals surface area contributed by atoms with Crippen molar-refractivity contribution in [3.8, 4) is 73.3 Å². The molecule has 0 spiro atoms. The summed E-state index contributed by atoms with van der Waals surface area (Å²) in [5, 5.41) is 18.8. The van der Waals surface area contributed by atoms with Crippen LogP contribution in [0.25, 0.3) is 138 Å². The minimum absolute atomic E-state index is 0. The van der Waals surface area contributed by atoms with Crippen molar-refractivity contribution in [2.45, 2.75) is 61.2 Å². The molecule has 0 aliphatic rings. The summed E-state index contributed by atoms with van der Waals surface area (Å²) in [6, 6.07) is 55.3. The van der Waals surface area contributed by atoms with Gasteiger partial charge in [0.2, 0.25) is 0 Å². The minimum Gasteiger partial charge on any atom is -0.488 e. The third-order valence-electron chi connectivity index (χ3n) is 15.3. The van der Waals surface area contributed by atoms with Gasteiger partial charge < -0.3 is 26.6 Å². The van der Waals surface area contributed by atoms with Gasteiger partial charge in [-0.15, -0.1) is 107 Å². The molecule has 107 heavy (non-hydrogen) atoms. The number of rotatable bonds is 9. The monoisotopic (exact) mass is 2340 g/mol. The largest absolute Gasteiger partial charge is 0.488 e. The summed E-state index contributed by atoms with van der Waals surface area (Å²) in [6.07, 6.45) is 7.43. The Morgan fingerprint density at radius 2 is 0.860 bits per heavy atom. The van der Waals surface area contributed by atoms with Gasteiger partial charge in [0.15, 0.2) is 46.7 Å². The second-order valence-electron chi connectivity index (χ2n) is 23.7. The van der Waals surface area contributed by atoms with Crippen LogP contribution in [0.1, 0.15) is 35.0 Å². The Morgan fingerprint density at radius 3 is 1.36 bits per heavy atom. The topological polar surface area (TPSA) is 296 Å². The minimum atomic E-state index is -1.52. The molecule has 0 aliphatic heterocycles. The Morgan fingerprint density at radius 1 is 0.411 bits per heavy atom. The van der Waals surface area contributed by atoms with Crippen molar-refractivity contribution in [3.63, 3.8) is 0 Å². The van der Waals surface area contributed by atoms with Crippen molar-refractivity contribution in [1.82, 2.24) is 88.7 Å². The molecule has 18 rings (SSSR count). The fourth-order valence-corrected chi connectivity index (χ4v) is 12.9. The van der Waals surface area contributed by atoms with Gasteiger partial charge in [-0.25, -0.2) is 34.6 Å². The van der Waals surface area contributed by atoms with E-state index in [4.69, 9.17) is 39.8 Å². The molecule has 0 fully saturated rings. The van der Waals surface area contributed by atoms with E-state index in [0.29, 0.717) is 86.0 Å². The summed E-state index contributed by atoms with van der Waals surface area (Å²) in [4.78, 5) is 49.5. The first-order valence-corrected chi connectivity index (χ1v) is 35.5. The maximum absolute atomic E-state index is 7.20. The van der Waals surface area contributed by atoms with Gasteiger partial charge in [0.25, 0.3) is 0 Å². The van der Waals surface area contributed by atoms with Crippen LogP contribution in [0.2, 0.25) is 19.6 Å². The second kappa shape index (κ2) is 35.4. The van der Waals surface area contributed by atoms with Crippen molar-refractivity contribution < 1.29 is 127 Å². The number of para-hydroxylation sites is 1. The summed E-state index contributed by atoms with van der Waals surface area (Å²) in [6.45, 7) is 32.5. The van der Waals surface area contributed by atoms with Crippen LogP contribution < -0.4 is 5.19 Å². The molecule has 26 nitrogen and oxygen atoms in total. The second-order valence-corrected chi connectivity index (χ2v) is 29.5. The maximum Gasteiger partial charge on any atom is 0.180 e. The van der Waals surface area contributed by atoms with E-state index in [9.17, 15) is 0 Å². The number of hydrogen-bond donors (Lipinski definition) is 0. The zero-order valence-electron chi connectivity index (χ0n) is 57.5.